The summed E-state index contributed by atoms with van der Waals surface area (Å²) in [6, 6.07) is -3.26. The molecule has 44 atom stereocenters. The molecule has 8 saturated heterocycles. The lowest BCUT2D eigenvalue weighted by molar-refractivity contribution is -0.404. The Morgan fingerprint density at radius 2 is 0.902 bits per heavy atom. The number of aliphatic hydroxyl groups is 26. The first-order chi connectivity index (χ1) is 52.6. The third kappa shape index (κ3) is 21.5. The molecule has 0 aromatic carbocycles. The molecular formula is C59H102N3O49P. The SMILES string of the molecule is CC(=O)N[C@@H]1[C@@H](O)[C@H](O)[C@@H](CO[C@@H]2O[C@H](CO[C@]3(C(=O)O)C[C@@H](O)[C@@H](O[C@H]4O[C@H]([C@@H](O)COP(=O)(O)OCCN)[C@@H](O)[C@H](O[C@H]5O[C@H]([C@@H](O)CO)[C@@H](O)[C@H](O)[C@@H]5O[C@H]5O[C@H]([C@H](O)CO[C@@H]6O[C@H](CO)[C@H](O[C@H]7O[C@H](CO)[C@@H](O)[C@H](O)[C@H]7O)[C@H](O)[C@H]6O)[C@@H](O)[C@H](O)[C@@H]5O)[C@@H]4O)[C@@H]([C@H](O)CO)O3)[C@@H](O)[C@H](O)[C@H]2NC(C)=O)O[C@@H]1O. The summed E-state index contributed by atoms with van der Waals surface area (Å²) >= 11 is 0. The summed E-state index contributed by atoms with van der Waals surface area (Å²) in [7, 11) is -5.18. The van der Waals surface area contributed by atoms with Gasteiger partial charge in [-0.1, -0.05) is 0 Å². The molecule has 8 heterocycles. The van der Waals surface area contributed by atoms with Crippen LogP contribution >= 0.6 is 7.82 Å². The second-order valence-electron chi connectivity index (χ2n) is 27.6. The monoisotopic (exact) mass is 1670 g/mol. The molecule has 8 aliphatic heterocycles. The van der Waals surface area contributed by atoms with Crippen molar-refractivity contribution in [1.82, 2.24) is 10.6 Å². The summed E-state index contributed by atoms with van der Waals surface area (Å²) in [4.78, 5) is 47.8. The molecule has 8 aliphatic rings. The molecule has 1 unspecified atom stereocenters. The van der Waals surface area contributed by atoms with Crippen molar-refractivity contribution in [2.75, 3.05) is 66.0 Å². The highest BCUT2D eigenvalue weighted by molar-refractivity contribution is 7.47. The molecule has 112 heavy (non-hydrogen) atoms. The zero-order chi connectivity index (χ0) is 83.2. The van der Waals surface area contributed by atoms with E-state index in [-0.39, 0.29) is 6.54 Å². The van der Waals surface area contributed by atoms with Gasteiger partial charge in [0.1, 0.15) is 207 Å². The van der Waals surface area contributed by atoms with Gasteiger partial charge in [-0.05, 0) is 0 Å². The molecule has 0 aliphatic carbocycles. The highest BCUT2D eigenvalue weighted by Gasteiger charge is 2.62. The van der Waals surface area contributed by atoms with Crippen molar-refractivity contribution in [2.45, 2.75) is 284 Å². The van der Waals surface area contributed by atoms with Gasteiger partial charge in [-0.3, -0.25) is 18.6 Å². The first-order valence-corrected chi connectivity index (χ1v) is 36.4. The fraction of sp³-hybridized carbons (Fsp3) is 0.949. The number of phosphoric ester groups is 1. The minimum absolute atomic E-state index is 0.361. The molecule has 652 valence electrons. The standard InChI is InChI=1S/C59H102N3O49P/c1-14(67)61-25-30(77)28(75)23(100-51(25)90)12-96-52-26(62-15(2)68)31(78)29(76)24(103-52)13-97-59(58(91)92)5-16(69)46(47(111-59)18(71)7-64)107-56-42(89)49(41(88)45(105-56)20(73)11-99-112(93,94)98-4-3-60)109-57-50(36(83)35(82)43(106-57)17(70)6-63)110-55-39(86)33(80)34(81)44(104-55)19(72)10-95-53-40(87)37(84)48(22(9-66)102-53)108-54-38(85)32(79)27(74)21(8-65)101-54/h16-57,63-66,69-90H,3-13,60H2,1-2H3,(H,61,67)(H,62,68)(H,91,92)(H,93,94)/t16-,17+,18-,19-,20+,21-,22-,23-,24-,25-,26-,27-,28-,29-,30-,31-,32+,33+,34+,35+,36+,37-,38-,39+,40-,41-,42+,43-,44-,45-,46-,47-,48+,49+,50+,51+,52-,53-,54-,55-,56-,57-,59-/m1/s1. The molecule has 0 spiro atoms. The smallest absolute Gasteiger partial charge is 0.472 e. The molecule has 8 rings (SSSR count). The maximum Gasteiger partial charge on any atom is 0.472 e. The number of rotatable bonds is 34. The number of hydrogen-bond donors (Lipinski definition) is 31. The van der Waals surface area contributed by atoms with Crippen LogP contribution in [-0.2, 0) is 99.0 Å². The summed E-state index contributed by atoms with van der Waals surface area (Å²) in [5.74, 6) is -7.04. The van der Waals surface area contributed by atoms with Crippen LogP contribution in [0.2, 0.25) is 0 Å². The zero-order valence-electron chi connectivity index (χ0n) is 59.1. The van der Waals surface area contributed by atoms with Crippen LogP contribution < -0.4 is 16.4 Å². The molecule has 53 heteroatoms. The molecule has 0 radical (unpaired) electrons. The minimum atomic E-state index is -5.18. The van der Waals surface area contributed by atoms with Gasteiger partial charge in [0, 0.05) is 26.8 Å². The topological polar surface area (TPSA) is 842 Å². The van der Waals surface area contributed by atoms with Crippen LogP contribution in [0.1, 0.15) is 20.3 Å². The summed E-state index contributed by atoms with van der Waals surface area (Å²) in [5.41, 5.74) is 5.36. The van der Waals surface area contributed by atoms with E-state index in [1.165, 1.54) is 0 Å². The van der Waals surface area contributed by atoms with Crippen LogP contribution in [0.25, 0.3) is 0 Å². The number of aliphatic hydroxyl groups excluding tert-OH is 26. The van der Waals surface area contributed by atoms with Crippen molar-refractivity contribution in [2.24, 2.45) is 5.73 Å². The van der Waals surface area contributed by atoms with Gasteiger partial charge in [-0.15, -0.1) is 0 Å². The van der Waals surface area contributed by atoms with Crippen LogP contribution in [0.3, 0.4) is 0 Å². The van der Waals surface area contributed by atoms with E-state index in [9.17, 15) is 162 Å². The average Bonchev–Trinajstić information content (AvgIpc) is 0.750. The van der Waals surface area contributed by atoms with Crippen LogP contribution in [0.4, 0.5) is 0 Å². The van der Waals surface area contributed by atoms with Crippen LogP contribution in [0.5, 0.6) is 0 Å². The number of carbonyl (C=O) groups is 3. The van der Waals surface area contributed by atoms with Gasteiger partial charge < -0.3 is 230 Å². The lowest BCUT2D eigenvalue weighted by atomic mass is 9.91. The summed E-state index contributed by atoms with van der Waals surface area (Å²) in [6.45, 7) is -8.30. The van der Waals surface area contributed by atoms with Crippen LogP contribution in [-0.4, -0.2) is 490 Å². The van der Waals surface area contributed by atoms with E-state index in [0.717, 1.165) is 13.8 Å². The lowest BCUT2D eigenvalue weighted by Crippen LogP contribution is -2.69. The number of aliphatic carboxylic acids is 1. The molecular weight excluding hydrogens is 1570 g/mol. The number of phosphoric acid groups is 1. The first-order valence-electron chi connectivity index (χ1n) is 34.9. The number of carboxylic acid groups (broad SMARTS) is 1. The third-order valence-corrected chi connectivity index (χ3v) is 20.6. The van der Waals surface area contributed by atoms with E-state index in [0.29, 0.717) is 0 Å². The van der Waals surface area contributed by atoms with E-state index in [4.69, 9.17) is 81.3 Å². The van der Waals surface area contributed by atoms with Gasteiger partial charge in [0.15, 0.2) is 44.0 Å². The number of hydrogen-bond acceptors (Lipinski definition) is 48. The van der Waals surface area contributed by atoms with E-state index >= 15 is 0 Å². The highest BCUT2D eigenvalue weighted by atomic mass is 31.2. The Labute approximate surface area is 632 Å². The van der Waals surface area contributed by atoms with E-state index in [1.807, 2.05) is 0 Å². The van der Waals surface area contributed by atoms with E-state index in [1.54, 1.807) is 0 Å². The third-order valence-electron chi connectivity index (χ3n) is 19.6. The fourth-order valence-electron chi connectivity index (χ4n) is 13.5. The molecule has 0 bridgehead atoms. The van der Waals surface area contributed by atoms with Gasteiger partial charge >= 0.3 is 13.8 Å². The Morgan fingerprint density at radius 3 is 1.49 bits per heavy atom. The number of carbonyl (C=O) groups excluding carboxylic acids is 2. The van der Waals surface area contributed by atoms with Gasteiger partial charge in [-0.2, -0.15) is 0 Å². The van der Waals surface area contributed by atoms with Crippen molar-refractivity contribution >= 4 is 25.6 Å². The molecule has 0 aromatic heterocycles. The van der Waals surface area contributed by atoms with Crippen molar-refractivity contribution in [3.8, 4) is 0 Å². The van der Waals surface area contributed by atoms with Crippen LogP contribution in [0.15, 0.2) is 0 Å². The Hall–Kier alpha value is -3.16. The number of ether oxygens (including phenoxy) is 15. The molecule has 52 nitrogen and oxygen atoms in total. The Balaban J connectivity index is 1.03. The summed E-state index contributed by atoms with van der Waals surface area (Å²) in [5, 5.41) is 302. The first kappa shape index (κ1) is 94.3. The molecule has 8 fully saturated rings. The predicted molar refractivity (Wildman–Crippen MR) is 341 cm³/mol. The second-order valence-corrected chi connectivity index (χ2v) is 29.0. The van der Waals surface area contributed by atoms with Crippen molar-refractivity contribution in [3.63, 3.8) is 0 Å². The number of nitrogens with one attached hydrogen (secondary N) is 2. The van der Waals surface area contributed by atoms with Gasteiger partial charge in [0.25, 0.3) is 5.79 Å². The minimum Gasteiger partial charge on any atom is -0.477 e. The highest BCUT2D eigenvalue weighted by Crippen LogP contribution is 2.45. The average molecular weight is 1670 g/mol. The Bertz CT molecular complexity index is 2990. The maximum atomic E-state index is 13.4. The van der Waals surface area contributed by atoms with Gasteiger partial charge in [-0.25, -0.2) is 9.36 Å². The van der Waals surface area contributed by atoms with Crippen molar-refractivity contribution in [1.29, 1.82) is 0 Å². The van der Waals surface area contributed by atoms with Gasteiger partial charge in [0.05, 0.1) is 65.6 Å². The van der Waals surface area contributed by atoms with Crippen molar-refractivity contribution < 1.29 is 242 Å². The lowest BCUT2D eigenvalue weighted by Gasteiger charge is -2.51. The normalized spacial score (nSPS) is 46.6. The number of carboxylic acids is 1. The zero-order valence-corrected chi connectivity index (χ0v) is 60.0. The largest absolute Gasteiger partial charge is 0.477 e. The number of nitrogens with two attached hydrogens (primary N) is 1. The van der Waals surface area contributed by atoms with Crippen LogP contribution in [0, 0.1) is 0 Å². The van der Waals surface area contributed by atoms with E-state index in [2.05, 4.69) is 15.2 Å². The Morgan fingerprint density at radius 1 is 0.446 bits per heavy atom. The maximum absolute atomic E-state index is 13.4. The predicted octanol–water partition coefficient (Wildman–Crippen LogP) is -20.1. The number of amides is 2. The second kappa shape index (κ2) is 40.7. The van der Waals surface area contributed by atoms with Gasteiger partial charge in [0.2, 0.25) is 11.8 Å². The molecule has 32 N–H and O–H groups in total. The molecule has 0 aromatic rings. The van der Waals surface area contributed by atoms with Crippen molar-refractivity contribution in [3.05, 3.63) is 0 Å². The Kier molecular flexibility index (Phi) is 34.3. The summed E-state index contributed by atoms with van der Waals surface area (Å²) in [6.07, 6.45) is -90.5. The summed E-state index contributed by atoms with van der Waals surface area (Å²) < 4.78 is 107. The molecule has 0 saturated carbocycles. The van der Waals surface area contributed by atoms with E-state index < -0.39 is 355 Å². The quantitative estimate of drug-likeness (QED) is 0.0266. The fourth-order valence-corrected chi connectivity index (χ4v) is 14.3. The molecule has 2 amide bonds.